The topological polar surface area (TPSA) is 55.6 Å². The summed E-state index contributed by atoms with van der Waals surface area (Å²) in [6.07, 6.45) is 4.46. The van der Waals surface area contributed by atoms with Crippen LogP contribution >= 0.6 is 0 Å². The van der Waals surface area contributed by atoms with Gasteiger partial charge in [0.15, 0.2) is 0 Å². The average molecular weight is 283 g/mol. The fraction of sp³-hybridized carbons (Fsp3) is 0.133. The van der Waals surface area contributed by atoms with E-state index in [0.717, 1.165) is 5.69 Å². The summed E-state index contributed by atoms with van der Waals surface area (Å²) in [5.41, 5.74) is 2.28. The van der Waals surface area contributed by atoms with Gasteiger partial charge in [-0.3, -0.25) is 4.98 Å². The molecule has 0 aliphatic carbocycles. The second-order valence-electron chi connectivity index (χ2n) is 4.55. The van der Waals surface area contributed by atoms with E-state index in [9.17, 15) is 4.39 Å². The second-order valence-corrected chi connectivity index (χ2v) is 4.55. The van der Waals surface area contributed by atoms with Crippen molar-refractivity contribution in [2.24, 2.45) is 0 Å². The van der Waals surface area contributed by atoms with Crippen LogP contribution in [0.25, 0.3) is 5.69 Å². The van der Waals surface area contributed by atoms with Gasteiger partial charge in [0.2, 0.25) is 0 Å². The van der Waals surface area contributed by atoms with Crippen LogP contribution in [0.15, 0.2) is 55.0 Å². The van der Waals surface area contributed by atoms with Crippen molar-refractivity contribution in [1.29, 1.82) is 0 Å². The number of halogens is 1. The SMILES string of the molecule is CNC(c1cncc(F)c1)c1cnn(-c2ccccc2)n1. The van der Waals surface area contributed by atoms with Gasteiger partial charge in [-0.05, 0) is 30.8 Å². The summed E-state index contributed by atoms with van der Waals surface area (Å²) in [5, 5.41) is 11.8. The standard InChI is InChI=1S/C15H14FN5/c1-17-15(11-7-12(16)9-18-8-11)14-10-19-21(20-14)13-5-3-2-4-6-13/h2-10,15,17H,1H3. The molecule has 0 saturated carbocycles. The van der Waals surface area contributed by atoms with Gasteiger partial charge in [0, 0.05) is 6.20 Å². The fourth-order valence-corrected chi connectivity index (χ4v) is 2.16. The number of para-hydroxylation sites is 1. The highest BCUT2D eigenvalue weighted by molar-refractivity contribution is 5.30. The van der Waals surface area contributed by atoms with Crippen LogP contribution in [0.5, 0.6) is 0 Å². The molecule has 2 aromatic heterocycles. The fourth-order valence-electron chi connectivity index (χ4n) is 2.16. The lowest BCUT2D eigenvalue weighted by Crippen LogP contribution is -2.19. The summed E-state index contributed by atoms with van der Waals surface area (Å²) in [7, 11) is 1.79. The van der Waals surface area contributed by atoms with Crippen LogP contribution in [0.3, 0.4) is 0 Å². The number of hydrogen-bond acceptors (Lipinski definition) is 4. The molecule has 0 bridgehead atoms. The predicted octanol–water partition coefficient (Wildman–Crippen LogP) is 2.11. The monoisotopic (exact) mass is 283 g/mol. The molecule has 1 unspecified atom stereocenters. The molecule has 106 valence electrons. The number of hydrogen-bond donors (Lipinski definition) is 1. The lowest BCUT2D eigenvalue weighted by atomic mass is 10.1. The maximum atomic E-state index is 13.3. The summed E-state index contributed by atoms with van der Waals surface area (Å²) in [6.45, 7) is 0. The van der Waals surface area contributed by atoms with Gasteiger partial charge in [0.1, 0.15) is 11.5 Å². The number of nitrogens with zero attached hydrogens (tertiary/aromatic N) is 4. The highest BCUT2D eigenvalue weighted by atomic mass is 19.1. The molecule has 0 fully saturated rings. The lowest BCUT2D eigenvalue weighted by Gasteiger charge is -2.13. The first-order valence-electron chi connectivity index (χ1n) is 6.53. The highest BCUT2D eigenvalue weighted by Crippen LogP contribution is 2.19. The summed E-state index contributed by atoms with van der Waals surface area (Å²) in [4.78, 5) is 5.42. The first-order valence-corrected chi connectivity index (χ1v) is 6.53. The van der Waals surface area contributed by atoms with Crippen LogP contribution in [0.1, 0.15) is 17.3 Å². The van der Waals surface area contributed by atoms with Crippen molar-refractivity contribution < 1.29 is 4.39 Å². The second kappa shape index (κ2) is 5.80. The van der Waals surface area contributed by atoms with E-state index in [2.05, 4.69) is 20.5 Å². The van der Waals surface area contributed by atoms with Crippen molar-refractivity contribution in [1.82, 2.24) is 25.3 Å². The van der Waals surface area contributed by atoms with Gasteiger partial charge in [-0.25, -0.2) is 4.39 Å². The Morgan fingerprint density at radius 1 is 1.14 bits per heavy atom. The molecule has 5 nitrogen and oxygen atoms in total. The Hall–Kier alpha value is -2.60. The summed E-state index contributed by atoms with van der Waals surface area (Å²) >= 11 is 0. The Morgan fingerprint density at radius 3 is 2.67 bits per heavy atom. The van der Waals surface area contributed by atoms with Crippen molar-refractivity contribution in [2.75, 3.05) is 7.05 Å². The van der Waals surface area contributed by atoms with Gasteiger partial charge in [-0.15, -0.1) is 0 Å². The number of aromatic nitrogens is 4. The van der Waals surface area contributed by atoms with Crippen LogP contribution in [0, 0.1) is 5.82 Å². The minimum atomic E-state index is -0.372. The first kappa shape index (κ1) is 13.4. The highest BCUT2D eigenvalue weighted by Gasteiger charge is 2.17. The van der Waals surface area contributed by atoms with Crippen molar-refractivity contribution in [3.63, 3.8) is 0 Å². The molecular formula is C15H14FN5. The molecule has 1 N–H and O–H groups in total. The van der Waals surface area contributed by atoms with E-state index in [1.54, 1.807) is 24.2 Å². The van der Waals surface area contributed by atoms with E-state index >= 15 is 0 Å². The van der Waals surface area contributed by atoms with E-state index in [0.29, 0.717) is 11.3 Å². The van der Waals surface area contributed by atoms with E-state index in [1.165, 1.54) is 12.3 Å². The van der Waals surface area contributed by atoms with Crippen molar-refractivity contribution in [2.45, 2.75) is 6.04 Å². The van der Waals surface area contributed by atoms with Crippen molar-refractivity contribution >= 4 is 0 Å². The molecule has 21 heavy (non-hydrogen) atoms. The van der Waals surface area contributed by atoms with Gasteiger partial charge in [-0.1, -0.05) is 18.2 Å². The van der Waals surface area contributed by atoms with E-state index in [-0.39, 0.29) is 11.9 Å². The van der Waals surface area contributed by atoms with Crippen LogP contribution in [-0.2, 0) is 0 Å². The summed E-state index contributed by atoms with van der Waals surface area (Å²) in [6, 6.07) is 10.8. The van der Waals surface area contributed by atoms with Gasteiger partial charge < -0.3 is 5.32 Å². The number of benzene rings is 1. The third-order valence-corrected chi connectivity index (χ3v) is 3.14. The summed E-state index contributed by atoms with van der Waals surface area (Å²) in [5.74, 6) is -0.372. The Balaban J connectivity index is 1.94. The van der Waals surface area contributed by atoms with E-state index < -0.39 is 0 Å². The van der Waals surface area contributed by atoms with Gasteiger partial charge in [0.05, 0.1) is 24.1 Å². The number of nitrogens with one attached hydrogen (secondary N) is 1. The zero-order valence-electron chi connectivity index (χ0n) is 11.4. The van der Waals surface area contributed by atoms with Crippen molar-refractivity contribution in [3.8, 4) is 5.69 Å². The van der Waals surface area contributed by atoms with Crippen LogP contribution in [-0.4, -0.2) is 27.0 Å². The Kier molecular flexibility index (Phi) is 3.70. The average Bonchev–Trinajstić information content (AvgIpc) is 2.99. The zero-order valence-corrected chi connectivity index (χ0v) is 11.4. The Labute approximate surface area is 121 Å². The molecule has 6 heteroatoms. The maximum Gasteiger partial charge on any atom is 0.141 e. The largest absolute Gasteiger partial charge is 0.308 e. The van der Waals surface area contributed by atoms with Gasteiger partial charge in [0.25, 0.3) is 0 Å². The van der Waals surface area contributed by atoms with Crippen LogP contribution in [0.4, 0.5) is 4.39 Å². The zero-order chi connectivity index (χ0) is 14.7. The molecule has 0 aliphatic heterocycles. The molecule has 1 atom stereocenters. The smallest absolute Gasteiger partial charge is 0.141 e. The predicted molar refractivity (Wildman–Crippen MR) is 76.5 cm³/mol. The third kappa shape index (κ3) is 2.80. The minimum Gasteiger partial charge on any atom is -0.308 e. The molecule has 3 aromatic rings. The third-order valence-electron chi connectivity index (χ3n) is 3.14. The first-order chi connectivity index (χ1) is 10.3. The number of rotatable bonds is 4. The number of pyridine rings is 1. The van der Waals surface area contributed by atoms with Crippen LogP contribution < -0.4 is 5.32 Å². The van der Waals surface area contributed by atoms with Crippen LogP contribution in [0.2, 0.25) is 0 Å². The molecular weight excluding hydrogens is 269 g/mol. The molecule has 0 saturated heterocycles. The van der Waals surface area contributed by atoms with E-state index in [4.69, 9.17) is 0 Å². The lowest BCUT2D eigenvalue weighted by molar-refractivity contribution is 0.603. The maximum absolute atomic E-state index is 13.3. The molecule has 0 spiro atoms. The Morgan fingerprint density at radius 2 is 1.95 bits per heavy atom. The quantitative estimate of drug-likeness (QED) is 0.797. The normalized spacial score (nSPS) is 12.3. The molecule has 3 rings (SSSR count). The molecule has 2 heterocycles. The molecule has 0 amide bonds. The van der Waals surface area contributed by atoms with E-state index in [1.807, 2.05) is 30.3 Å². The van der Waals surface area contributed by atoms with Gasteiger partial charge in [-0.2, -0.15) is 15.0 Å². The van der Waals surface area contributed by atoms with Gasteiger partial charge >= 0.3 is 0 Å². The molecule has 0 aliphatic rings. The summed E-state index contributed by atoms with van der Waals surface area (Å²) < 4.78 is 13.3. The molecule has 1 aromatic carbocycles. The Bertz CT molecular complexity index is 726. The minimum absolute atomic E-state index is 0.259. The molecule has 0 radical (unpaired) electrons. The van der Waals surface area contributed by atoms with Crippen molar-refractivity contribution in [3.05, 3.63) is 72.1 Å².